The normalized spacial score (nSPS) is 27.0. The van der Waals surface area contributed by atoms with Crippen molar-refractivity contribution in [3.8, 4) is 0 Å². The van der Waals surface area contributed by atoms with Crippen molar-refractivity contribution in [2.45, 2.75) is 31.8 Å². The molecule has 7 heteroatoms. The van der Waals surface area contributed by atoms with Crippen LogP contribution in [0.2, 0.25) is 0 Å². The van der Waals surface area contributed by atoms with E-state index in [0.29, 0.717) is 13.2 Å². The molecule has 0 bridgehead atoms. The molecule has 0 N–H and O–H groups in total. The topological polar surface area (TPSA) is 48.5 Å². The Morgan fingerprint density at radius 2 is 1.65 bits per heavy atom. The van der Waals surface area contributed by atoms with Crippen molar-refractivity contribution in [3.05, 3.63) is 0 Å². The zero-order valence-corrected chi connectivity index (χ0v) is 16.9. The van der Waals surface area contributed by atoms with Crippen molar-refractivity contribution >= 4 is 6.41 Å². The summed E-state index contributed by atoms with van der Waals surface area (Å²) in [6.07, 6.45) is 3.41. The van der Waals surface area contributed by atoms with Gasteiger partial charge < -0.3 is 24.2 Å². The van der Waals surface area contributed by atoms with Crippen LogP contribution in [-0.4, -0.2) is 124 Å². The van der Waals surface area contributed by atoms with Gasteiger partial charge >= 0.3 is 0 Å². The molecule has 3 aliphatic heterocycles. The summed E-state index contributed by atoms with van der Waals surface area (Å²) < 4.78 is 10.7. The second-order valence-electron chi connectivity index (χ2n) is 7.60. The van der Waals surface area contributed by atoms with Crippen LogP contribution in [0, 0.1) is 0 Å². The Morgan fingerprint density at radius 3 is 2.27 bits per heavy atom. The maximum absolute atomic E-state index is 10.7. The monoisotopic (exact) mass is 370 g/mol. The van der Waals surface area contributed by atoms with Crippen LogP contribution in [-0.2, 0) is 14.3 Å². The predicted octanol–water partition coefficient (Wildman–Crippen LogP) is 0.208. The average Bonchev–Trinajstić information content (AvgIpc) is 2.68. The third-order valence-electron chi connectivity index (χ3n) is 5.63. The van der Waals surface area contributed by atoms with Crippen molar-refractivity contribution in [2.75, 3.05) is 86.3 Å². The maximum atomic E-state index is 10.7. The van der Waals surface area contributed by atoms with Gasteiger partial charge in [-0.15, -0.1) is 0 Å². The maximum Gasteiger partial charge on any atom is 0.210 e. The summed E-state index contributed by atoms with van der Waals surface area (Å²) in [6.45, 7) is 12.9. The number of rotatable bonds is 5. The SMILES string of the molecule is CCOCC1CN(C)CCN1C=O.CN1CCN(C2CCOCC2)CC1. The molecule has 1 atom stereocenters. The van der Waals surface area contributed by atoms with E-state index < -0.39 is 0 Å². The highest BCUT2D eigenvalue weighted by molar-refractivity contribution is 5.48. The first-order chi connectivity index (χ1) is 12.6. The Kier molecular flexibility index (Phi) is 9.85. The lowest BCUT2D eigenvalue weighted by atomic mass is 10.1. The zero-order valence-electron chi connectivity index (χ0n) is 16.9. The highest BCUT2D eigenvalue weighted by Gasteiger charge is 2.24. The van der Waals surface area contributed by atoms with Gasteiger partial charge in [0.2, 0.25) is 6.41 Å². The number of piperazine rings is 2. The van der Waals surface area contributed by atoms with Crippen molar-refractivity contribution in [2.24, 2.45) is 0 Å². The van der Waals surface area contributed by atoms with Crippen LogP contribution >= 0.6 is 0 Å². The number of hydrogen-bond donors (Lipinski definition) is 0. The Labute approximate surface area is 159 Å². The molecule has 3 rings (SSSR count). The number of nitrogens with zero attached hydrogens (tertiary/aromatic N) is 4. The lowest BCUT2D eigenvalue weighted by Crippen LogP contribution is -2.53. The first-order valence-electron chi connectivity index (χ1n) is 10.1. The molecule has 0 spiro atoms. The summed E-state index contributed by atoms with van der Waals surface area (Å²) in [4.78, 5) is 19.8. The first kappa shape index (κ1) is 21.6. The molecule has 1 unspecified atom stereocenters. The lowest BCUT2D eigenvalue weighted by Gasteiger charge is -2.39. The summed E-state index contributed by atoms with van der Waals surface area (Å²) in [5.41, 5.74) is 0. The summed E-state index contributed by atoms with van der Waals surface area (Å²) in [5.74, 6) is 0. The molecule has 0 aromatic heterocycles. The quantitative estimate of drug-likeness (QED) is 0.645. The molecule has 0 saturated carbocycles. The molecule has 3 heterocycles. The van der Waals surface area contributed by atoms with Crippen molar-refractivity contribution in [3.63, 3.8) is 0 Å². The minimum Gasteiger partial charge on any atom is -0.381 e. The molecular formula is C19H38N4O3. The summed E-state index contributed by atoms with van der Waals surface area (Å²) in [7, 11) is 4.28. The number of carbonyl (C=O) groups is 1. The van der Waals surface area contributed by atoms with E-state index in [1.807, 2.05) is 11.8 Å². The van der Waals surface area contributed by atoms with Crippen molar-refractivity contribution < 1.29 is 14.3 Å². The van der Waals surface area contributed by atoms with Gasteiger partial charge in [0.15, 0.2) is 0 Å². The molecule has 7 nitrogen and oxygen atoms in total. The summed E-state index contributed by atoms with van der Waals surface area (Å²) in [6, 6.07) is 1.04. The second-order valence-corrected chi connectivity index (χ2v) is 7.60. The number of carbonyl (C=O) groups excluding carboxylic acids is 1. The van der Waals surface area contributed by atoms with Gasteiger partial charge in [0.1, 0.15) is 0 Å². The Morgan fingerprint density at radius 1 is 1.00 bits per heavy atom. The molecule has 3 fully saturated rings. The minimum atomic E-state index is 0.233. The zero-order chi connectivity index (χ0) is 18.8. The molecule has 0 radical (unpaired) electrons. The van der Waals surface area contributed by atoms with Gasteiger partial charge in [-0.1, -0.05) is 0 Å². The van der Waals surface area contributed by atoms with E-state index >= 15 is 0 Å². The van der Waals surface area contributed by atoms with Crippen LogP contribution < -0.4 is 0 Å². The largest absolute Gasteiger partial charge is 0.381 e. The summed E-state index contributed by atoms with van der Waals surface area (Å²) in [5, 5.41) is 0. The van der Waals surface area contributed by atoms with Gasteiger partial charge in [0, 0.05) is 71.7 Å². The van der Waals surface area contributed by atoms with Crippen LogP contribution in [0.5, 0.6) is 0 Å². The van der Waals surface area contributed by atoms with Crippen LogP contribution in [0.25, 0.3) is 0 Å². The molecule has 0 aliphatic carbocycles. The number of hydrogen-bond acceptors (Lipinski definition) is 6. The number of amides is 1. The van der Waals surface area contributed by atoms with E-state index in [-0.39, 0.29) is 6.04 Å². The fourth-order valence-electron chi connectivity index (χ4n) is 3.80. The number of ether oxygens (including phenoxy) is 2. The Hall–Kier alpha value is -0.730. The standard InChI is InChI=1S/C10H20N2O.C9H18N2O2/c1-11-4-6-12(7-5-11)10-2-8-13-9-3-10;1-3-13-7-9-6-10(2)4-5-11(9)8-12/h10H,2-9H2,1H3;8-9H,3-7H2,1-2H3. The van der Waals surface area contributed by atoms with Crippen molar-refractivity contribution in [1.29, 1.82) is 0 Å². The molecule has 152 valence electrons. The van der Waals surface area contributed by atoms with Gasteiger partial charge in [-0.2, -0.15) is 0 Å². The summed E-state index contributed by atoms with van der Waals surface area (Å²) >= 11 is 0. The third-order valence-corrected chi connectivity index (χ3v) is 5.63. The Bertz CT molecular complexity index is 385. The lowest BCUT2D eigenvalue weighted by molar-refractivity contribution is -0.124. The van der Waals surface area contributed by atoms with E-state index in [9.17, 15) is 4.79 Å². The van der Waals surface area contributed by atoms with E-state index in [0.717, 1.165) is 45.3 Å². The molecule has 0 aromatic carbocycles. The molecule has 3 aliphatic rings. The molecular weight excluding hydrogens is 332 g/mol. The van der Waals surface area contributed by atoms with E-state index in [1.54, 1.807) is 0 Å². The highest BCUT2D eigenvalue weighted by Crippen LogP contribution is 2.15. The van der Waals surface area contributed by atoms with Crippen LogP contribution in [0.1, 0.15) is 19.8 Å². The average molecular weight is 371 g/mol. The molecule has 3 saturated heterocycles. The van der Waals surface area contributed by atoms with Gasteiger partial charge in [0.25, 0.3) is 0 Å². The highest BCUT2D eigenvalue weighted by atomic mass is 16.5. The van der Waals surface area contributed by atoms with Crippen LogP contribution in [0.15, 0.2) is 0 Å². The smallest absolute Gasteiger partial charge is 0.210 e. The molecule has 0 aromatic rings. The molecule has 1 amide bonds. The predicted molar refractivity (Wildman–Crippen MR) is 103 cm³/mol. The van der Waals surface area contributed by atoms with Crippen LogP contribution in [0.4, 0.5) is 0 Å². The van der Waals surface area contributed by atoms with Gasteiger partial charge in [-0.25, -0.2) is 0 Å². The van der Waals surface area contributed by atoms with Crippen molar-refractivity contribution in [1.82, 2.24) is 19.6 Å². The van der Waals surface area contributed by atoms with Gasteiger partial charge in [0.05, 0.1) is 12.6 Å². The fourth-order valence-corrected chi connectivity index (χ4v) is 3.80. The third kappa shape index (κ3) is 7.12. The van der Waals surface area contributed by atoms with E-state index in [1.165, 1.54) is 39.0 Å². The fraction of sp³-hybridized carbons (Fsp3) is 0.947. The molecule has 26 heavy (non-hydrogen) atoms. The van der Waals surface area contributed by atoms with Gasteiger partial charge in [-0.3, -0.25) is 9.69 Å². The second kappa shape index (κ2) is 11.9. The van der Waals surface area contributed by atoms with Gasteiger partial charge in [-0.05, 0) is 33.9 Å². The first-order valence-corrected chi connectivity index (χ1v) is 10.1. The van der Waals surface area contributed by atoms with E-state index in [4.69, 9.17) is 9.47 Å². The minimum absolute atomic E-state index is 0.233. The van der Waals surface area contributed by atoms with Crippen LogP contribution in [0.3, 0.4) is 0 Å². The van der Waals surface area contributed by atoms with E-state index in [2.05, 4.69) is 28.8 Å². The Balaban J connectivity index is 0.000000187. The number of likely N-dealkylation sites (N-methyl/N-ethyl adjacent to an activating group) is 2.